The van der Waals surface area contributed by atoms with Crippen molar-refractivity contribution in [3.63, 3.8) is 0 Å². The van der Waals surface area contributed by atoms with Crippen molar-refractivity contribution in [2.24, 2.45) is 0 Å². The van der Waals surface area contributed by atoms with E-state index in [1.165, 1.54) is 0 Å². The third kappa shape index (κ3) is 5.48. The minimum absolute atomic E-state index is 0.130. The Hall–Kier alpha value is -2.66. The molecule has 1 unspecified atom stereocenters. The number of anilines is 1. The molecule has 0 radical (unpaired) electrons. The highest BCUT2D eigenvalue weighted by atomic mass is 35.5. The zero-order valence-electron chi connectivity index (χ0n) is 16.8. The van der Waals surface area contributed by atoms with Crippen molar-refractivity contribution >= 4 is 34.6 Å². The molecule has 2 aromatic carbocycles. The molecule has 1 saturated heterocycles. The van der Waals surface area contributed by atoms with E-state index in [1.807, 2.05) is 29.2 Å². The summed E-state index contributed by atoms with van der Waals surface area (Å²) in [4.78, 5) is 2.03. The molecule has 3 rings (SSSR count). The van der Waals surface area contributed by atoms with E-state index in [0.717, 1.165) is 5.56 Å². The molecule has 158 valence electrons. The minimum atomic E-state index is -0.130. The van der Waals surface area contributed by atoms with Crippen LogP contribution in [-0.4, -0.2) is 56.6 Å². The molecule has 0 aromatic heterocycles. The van der Waals surface area contributed by atoms with Crippen LogP contribution in [0.3, 0.4) is 0 Å². The lowest BCUT2D eigenvalue weighted by atomic mass is 10.2. The molecule has 6 nitrogen and oxygen atoms in total. The fraction of sp³-hybridized carbons (Fsp3) is 0.318. The maximum atomic E-state index is 6.17. The average molecular weight is 447 g/mol. The van der Waals surface area contributed by atoms with Crippen LogP contribution in [0.1, 0.15) is 5.56 Å². The van der Waals surface area contributed by atoms with Gasteiger partial charge < -0.3 is 29.2 Å². The van der Waals surface area contributed by atoms with Gasteiger partial charge in [0.15, 0.2) is 5.11 Å². The van der Waals surface area contributed by atoms with E-state index >= 15 is 0 Å². The van der Waals surface area contributed by atoms with Crippen molar-refractivity contribution in [2.45, 2.75) is 6.10 Å². The molecule has 0 amide bonds. The first kappa shape index (κ1) is 22.0. The first-order valence-corrected chi connectivity index (χ1v) is 10.1. The van der Waals surface area contributed by atoms with Crippen LogP contribution in [0.25, 0.3) is 0 Å². The van der Waals surface area contributed by atoms with E-state index in [4.69, 9.17) is 49.2 Å². The smallest absolute Gasteiger partial charge is 0.173 e. The number of thiocarbonyl (C=S) groups is 1. The Kier molecular flexibility index (Phi) is 7.63. The normalized spacial score (nSPS) is 15.8. The molecular formula is C22H23ClN2O4S. The van der Waals surface area contributed by atoms with Gasteiger partial charge in [0.05, 0.1) is 31.5 Å². The predicted molar refractivity (Wildman–Crippen MR) is 122 cm³/mol. The van der Waals surface area contributed by atoms with Gasteiger partial charge in [-0.3, -0.25) is 0 Å². The number of morpholine rings is 1. The molecular weight excluding hydrogens is 424 g/mol. The SMILES string of the molecule is C#Cc1cccc(OCC2CN(C(=S)Nc3cc(OC)c(Cl)cc3OC)CCO2)c1. The second-order valence-corrected chi connectivity index (χ2v) is 7.33. The lowest BCUT2D eigenvalue weighted by molar-refractivity contribution is -0.0280. The number of ether oxygens (including phenoxy) is 4. The third-order valence-corrected chi connectivity index (χ3v) is 5.23. The van der Waals surface area contributed by atoms with Crippen molar-refractivity contribution in [3.8, 4) is 29.6 Å². The van der Waals surface area contributed by atoms with Crippen LogP contribution in [0.2, 0.25) is 5.02 Å². The van der Waals surface area contributed by atoms with E-state index in [9.17, 15) is 0 Å². The number of rotatable bonds is 6. The van der Waals surface area contributed by atoms with E-state index < -0.39 is 0 Å². The second-order valence-electron chi connectivity index (χ2n) is 6.54. The summed E-state index contributed by atoms with van der Waals surface area (Å²) in [5.74, 6) is 4.42. The van der Waals surface area contributed by atoms with Gasteiger partial charge in [-0.2, -0.15) is 0 Å². The summed E-state index contributed by atoms with van der Waals surface area (Å²) < 4.78 is 22.4. The summed E-state index contributed by atoms with van der Waals surface area (Å²) in [7, 11) is 3.13. The number of nitrogens with one attached hydrogen (secondary N) is 1. The van der Waals surface area contributed by atoms with Gasteiger partial charge in [-0.25, -0.2) is 0 Å². The molecule has 0 saturated carbocycles. The number of halogens is 1. The van der Waals surface area contributed by atoms with Gasteiger partial charge in [0.2, 0.25) is 0 Å². The number of benzene rings is 2. The van der Waals surface area contributed by atoms with Gasteiger partial charge in [-0.05, 0) is 30.4 Å². The lowest BCUT2D eigenvalue weighted by Gasteiger charge is -2.34. The Labute approximate surface area is 187 Å². The molecule has 8 heteroatoms. The highest BCUT2D eigenvalue weighted by molar-refractivity contribution is 7.80. The molecule has 1 heterocycles. The Morgan fingerprint density at radius 3 is 2.83 bits per heavy atom. The number of hydrogen-bond acceptors (Lipinski definition) is 5. The summed E-state index contributed by atoms with van der Waals surface area (Å²) in [5, 5.41) is 4.23. The monoisotopic (exact) mass is 446 g/mol. The number of methoxy groups -OCH3 is 2. The molecule has 0 aliphatic carbocycles. The molecule has 0 spiro atoms. The van der Waals surface area contributed by atoms with Crippen LogP contribution in [0.4, 0.5) is 5.69 Å². The molecule has 1 aliphatic rings. The van der Waals surface area contributed by atoms with Crippen molar-refractivity contribution in [2.75, 3.05) is 45.8 Å². The van der Waals surface area contributed by atoms with Crippen molar-refractivity contribution < 1.29 is 18.9 Å². The maximum absolute atomic E-state index is 6.17. The van der Waals surface area contributed by atoms with Gasteiger partial charge in [-0.15, -0.1) is 6.42 Å². The van der Waals surface area contributed by atoms with E-state index in [-0.39, 0.29) is 6.10 Å². The van der Waals surface area contributed by atoms with Crippen molar-refractivity contribution in [1.82, 2.24) is 4.90 Å². The van der Waals surface area contributed by atoms with Crippen LogP contribution in [-0.2, 0) is 4.74 Å². The number of terminal acetylenes is 1. The largest absolute Gasteiger partial charge is 0.495 e. The van der Waals surface area contributed by atoms with Crippen LogP contribution in [0.5, 0.6) is 17.2 Å². The van der Waals surface area contributed by atoms with Crippen LogP contribution in [0.15, 0.2) is 36.4 Å². The molecule has 1 aliphatic heterocycles. The van der Waals surface area contributed by atoms with Gasteiger partial charge in [-0.1, -0.05) is 23.6 Å². The standard InChI is InChI=1S/C22H23ClN2O4S/c1-4-15-6-5-7-16(10-15)29-14-17-13-25(8-9-28-17)22(30)24-19-12-20(26-2)18(23)11-21(19)27-3/h1,5-7,10-12,17H,8-9,13-14H2,2-3H3,(H,24,30). The Bertz CT molecular complexity index is 947. The minimum Gasteiger partial charge on any atom is -0.495 e. The quantitative estimate of drug-likeness (QED) is 0.534. The van der Waals surface area contributed by atoms with Crippen LogP contribution < -0.4 is 19.5 Å². The molecule has 2 aromatic rings. The maximum Gasteiger partial charge on any atom is 0.173 e. The zero-order valence-corrected chi connectivity index (χ0v) is 18.4. The lowest BCUT2D eigenvalue weighted by Crippen LogP contribution is -2.49. The summed E-state index contributed by atoms with van der Waals surface area (Å²) in [6.45, 7) is 2.20. The summed E-state index contributed by atoms with van der Waals surface area (Å²) in [6, 6.07) is 10.9. The van der Waals surface area contributed by atoms with Crippen LogP contribution in [0, 0.1) is 12.3 Å². The Balaban J connectivity index is 1.61. The summed E-state index contributed by atoms with van der Waals surface area (Å²) >= 11 is 11.8. The van der Waals surface area contributed by atoms with Crippen molar-refractivity contribution in [3.05, 3.63) is 47.0 Å². The molecule has 1 fully saturated rings. The van der Waals surface area contributed by atoms with E-state index in [2.05, 4.69) is 11.2 Å². The number of hydrogen-bond donors (Lipinski definition) is 1. The first-order chi connectivity index (χ1) is 14.5. The van der Waals surface area contributed by atoms with Gasteiger partial charge in [0, 0.05) is 30.8 Å². The van der Waals surface area contributed by atoms with Gasteiger partial charge in [0.1, 0.15) is 30.0 Å². The van der Waals surface area contributed by atoms with Gasteiger partial charge in [0.25, 0.3) is 0 Å². The molecule has 1 atom stereocenters. The Morgan fingerprint density at radius 2 is 2.10 bits per heavy atom. The second kappa shape index (κ2) is 10.4. The molecule has 30 heavy (non-hydrogen) atoms. The highest BCUT2D eigenvalue weighted by Crippen LogP contribution is 2.36. The van der Waals surface area contributed by atoms with Crippen molar-refractivity contribution in [1.29, 1.82) is 0 Å². The van der Waals surface area contributed by atoms with E-state index in [1.54, 1.807) is 26.4 Å². The fourth-order valence-electron chi connectivity index (χ4n) is 3.02. The number of nitrogens with zero attached hydrogens (tertiary/aromatic N) is 1. The van der Waals surface area contributed by atoms with E-state index in [0.29, 0.717) is 59.4 Å². The topological polar surface area (TPSA) is 52.2 Å². The predicted octanol–water partition coefficient (Wildman–Crippen LogP) is 3.82. The summed E-state index contributed by atoms with van der Waals surface area (Å²) in [6.07, 6.45) is 5.31. The average Bonchev–Trinajstić information content (AvgIpc) is 2.78. The molecule has 0 bridgehead atoms. The fourth-order valence-corrected chi connectivity index (χ4v) is 3.53. The highest BCUT2D eigenvalue weighted by Gasteiger charge is 2.24. The van der Waals surface area contributed by atoms with Gasteiger partial charge >= 0.3 is 0 Å². The van der Waals surface area contributed by atoms with Crippen LogP contribution >= 0.6 is 23.8 Å². The summed E-state index contributed by atoms with van der Waals surface area (Å²) in [5.41, 5.74) is 1.45. The Morgan fingerprint density at radius 1 is 1.30 bits per heavy atom. The zero-order chi connectivity index (χ0) is 21.5. The molecule has 1 N–H and O–H groups in total. The first-order valence-electron chi connectivity index (χ1n) is 9.32. The third-order valence-electron chi connectivity index (χ3n) is 4.58.